The van der Waals surface area contributed by atoms with Gasteiger partial charge in [0.2, 0.25) is 0 Å². The summed E-state index contributed by atoms with van der Waals surface area (Å²) in [6.07, 6.45) is 2.13. The van der Waals surface area contributed by atoms with Crippen LogP contribution < -0.4 is 5.73 Å². The lowest BCUT2D eigenvalue weighted by molar-refractivity contribution is 0.146. The van der Waals surface area contributed by atoms with Crippen LogP contribution in [0.15, 0.2) is 0 Å². The molecule has 2 N–H and O–H groups in total. The first-order valence-electron chi connectivity index (χ1n) is 6.06. The second-order valence-electron chi connectivity index (χ2n) is 3.99. The molecule has 1 aliphatic rings. The Hall–Kier alpha value is -0.730. The number of piperidine rings is 1. The lowest BCUT2D eigenvalue weighted by atomic mass is 9.83. The van der Waals surface area contributed by atoms with Crippen molar-refractivity contribution in [3.63, 3.8) is 0 Å². The van der Waals surface area contributed by atoms with E-state index in [9.17, 15) is 4.79 Å². The fraction of sp³-hybridized carbons (Fsp3) is 0.917. The van der Waals surface area contributed by atoms with Crippen molar-refractivity contribution in [3.8, 4) is 0 Å². The van der Waals surface area contributed by atoms with E-state index in [1.54, 1.807) is 4.90 Å². The SMILES string of the molecule is CC.CC.CC1(C)CCN(C(N)=O)CC1. The number of hydrogen-bond donors (Lipinski definition) is 1. The van der Waals surface area contributed by atoms with Crippen molar-refractivity contribution >= 4 is 6.03 Å². The van der Waals surface area contributed by atoms with Crippen molar-refractivity contribution in [2.75, 3.05) is 13.1 Å². The van der Waals surface area contributed by atoms with Crippen LogP contribution in [-0.2, 0) is 0 Å². The van der Waals surface area contributed by atoms with Gasteiger partial charge in [0.1, 0.15) is 0 Å². The first-order valence-corrected chi connectivity index (χ1v) is 6.06. The quantitative estimate of drug-likeness (QED) is 0.664. The Morgan fingerprint density at radius 1 is 1.07 bits per heavy atom. The van der Waals surface area contributed by atoms with E-state index in [0.717, 1.165) is 25.9 Å². The predicted molar refractivity (Wildman–Crippen MR) is 66.9 cm³/mol. The smallest absolute Gasteiger partial charge is 0.314 e. The molecule has 92 valence electrons. The van der Waals surface area contributed by atoms with E-state index in [2.05, 4.69) is 13.8 Å². The standard InChI is InChI=1S/C8H16N2O.2C2H6/c1-8(2)3-5-10(6-4-8)7(9)11;2*1-2/h3-6H2,1-2H3,(H2,9,11);2*1-2H3. The van der Waals surface area contributed by atoms with Crippen molar-refractivity contribution in [1.82, 2.24) is 4.90 Å². The molecule has 1 aliphatic heterocycles. The molecule has 0 bridgehead atoms. The molecule has 0 unspecified atom stereocenters. The van der Waals surface area contributed by atoms with Gasteiger partial charge >= 0.3 is 6.03 Å². The molecule has 0 aromatic carbocycles. The van der Waals surface area contributed by atoms with Gasteiger partial charge in [0.15, 0.2) is 0 Å². The highest BCUT2D eigenvalue weighted by Gasteiger charge is 2.26. The largest absolute Gasteiger partial charge is 0.351 e. The number of rotatable bonds is 0. The predicted octanol–water partition coefficient (Wildman–Crippen LogP) is 3.24. The minimum absolute atomic E-state index is 0.277. The number of hydrogen-bond acceptors (Lipinski definition) is 1. The van der Waals surface area contributed by atoms with E-state index >= 15 is 0 Å². The van der Waals surface area contributed by atoms with Gasteiger partial charge in [-0.2, -0.15) is 0 Å². The van der Waals surface area contributed by atoms with Gasteiger partial charge < -0.3 is 10.6 Å². The highest BCUT2D eigenvalue weighted by atomic mass is 16.2. The maximum Gasteiger partial charge on any atom is 0.314 e. The topological polar surface area (TPSA) is 46.3 Å². The fourth-order valence-electron chi connectivity index (χ4n) is 1.33. The first-order chi connectivity index (χ1) is 7.01. The zero-order valence-electron chi connectivity index (χ0n) is 11.3. The number of carbonyl (C=O) groups is 1. The van der Waals surface area contributed by atoms with E-state index in [-0.39, 0.29) is 6.03 Å². The number of likely N-dealkylation sites (tertiary alicyclic amines) is 1. The highest BCUT2D eigenvalue weighted by molar-refractivity contribution is 5.72. The van der Waals surface area contributed by atoms with Gasteiger partial charge in [0.05, 0.1) is 0 Å². The Labute approximate surface area is 95.0 Å². The lowest BCUT2D eigenvalue weighted by Gasteiger charge is -2.35. The molecule has 3 heteroatoms. The lowest BCUT2D eigenvalue weighted by Crippen LogP contribution is -2.43. The fourth-order valence-corrected chi connectivity index (χ4v) is 1.33. The molecule has 0 atom stereocenters. The third-order valence-corrected chi connectivity index (χ3v) is 2.43. The van der Waals surface area contributed by atoms with Gasteiger partial charge in [-0.15, -0.1) is 0 Å². The molecular formula is C12H28N2O. The molecule has 0 saturated carbocycles. The van der Waals surface area contributed by atoms with Crippen molar-refractivity contribution in [3.05, 3.63) is 0 Å². The molecular weight excluding hydrogens is 188 g/mol. The Morgan fingerprint density at radius 3 is 1.67 bits per heavy atom. The molecule has 0 spiro atoms. The van der Waals surface area contributed by atoms with Gasteiger partial charge in [0, 0.05) is 13.1 Å². The molecule has 1 rings (SSSR count). The maximum atomic E-state index is 10.7. The van der Waals surface area contributed by atoms with Crippen molar-refractivity contribution in [2.24, 2.45) is 11.1 Å². The summed E-state index contributed by atoms with van der Waals surface area (Å²) in [7, 11) is 0. The van der Waals surface area contributed by atoms with Crippen LogP contribution in [0.2, 0.25) is 0 Å². The third-order valence-electron chi connectivity index (χ3n) is 2.43. The summed E-state index contributed by atoms with van der Waals surface area (Å²) in [6.45, 7) is 14.1. The minimum Gasteiger partial charge on any atom is -0.351 e. The van der Waals surface area contributed by atoms with Gasteiger partial charge in [-0.1, -0.05) is 41.5 Å². The molecule has 1 heterocycles. The molecule has 3 nitrogen and oxygen atoms in total. The Kier molecular flexibility index (Phi) is 9.53. The molecule has 0 aromatic heterocycles. The van der Waals surface area contributed by atoms with Crippen LogP contribution in [0.3, 0.4) is 0 Å². The van der Waals surface area contributed by atoms with Gasteiger partial charge in [-0.25, -0.2) is 4.79 Å². The summed E-state index contributed by atoms with van der Waals surface area (Å²) < 4.78 is 0. The number of urea groups is 1. The van der Waals surface area contributed by atoms with E-state index in [4.69, 9.17) is 5.73 Å². The third kappa shape index (κ3) is 7.23. The molecule has 2 amide bonds. The van der Waals surface area contributed by atoms with Crippen molar-refractivity contribution in [2.45, 2.75) is 54.4 Å². The number of amides is 2. The molecule has 15 heavy (non-hydrogen) atoms. The molecule has 1 saturated heterocycles. The van der Waals surface area contributed by atoms with Crippen molar-refractivity contribution in [1.29, 1.82) is 0 Å². The van der Waals surface area contributed by atoms with E-state index in [1.165, 1.54) is 0 Å². The van der Waals surface area contributed by atoms with Crippen LogP contribution in [-0.4, -0.2) is 24.0 Å². The first kappa shape index (κ1) is 16.7. The van der Waals surface area contributed by atoms with Gasteiger partial charge in [0.25, 0.3) is 0 Å². The molecule has 0 radical (unpaired) electrons. The molecule has 0 aromatic rings. The zero-order chi connectivity index (χ0) is 12.5. The maximum absolute atomic E-state index is 10.7. The van der Waals surface area contributed by atoms with Gasteiger partial charge in [-0.05, 0) is 18.3 Å². The summed E-state index contributed by atoms with van der Waals surface area (Å²) in [5.41, 5.74) is 5.54. The second kappa shape index (κ2) is 8.57. The minimum atomic E-state index is -0.277. The number of nitrogens with zero attached hydrogens (tertiary/aromatic N) is 1. The van der Waals surface area contributed by atoms with E-state index in [0.29, 0.717) is 5.41 Å². The number of nitrogens with two attached hydrogens (primary N) is 1. The highest BCUT2D eigenvalue weighted by Crippen LogP contribution is 2.29. The summed E-state index contributed by atoms with van der Waals surface area (Å²) in [6, 6.07) is -0.277. The van der Waals surface area contributed by atoms with Crippen LogP contribution in [0.4, 0.5) is 4.79 Å². The summed E-state index contributed by atoms with van der Waals surface area (Å²) in [4.78, 5) is 12.4. The zero-order valence-corrected chi connectivity index (χ0v) is 11.3. The van der Waals surface area contributed by atoms with E-state index in [1.807, 2.05) is 27.7 Å². The van der Waals surface area contributed by atoms with Gasteiger partial charge in [-0.3, -0.25) is 0 Å². The van der Waals surface area contributed by atoms with Crippen molar-refractivity contribution < 1.29 is 4.79 Å². The molecule has 0 aliphatic carbocycles. The van der Waals surface area contributed by atoms with Crippen LogP contribution in [0, 0.1) is 5.41 Å². The monoisotopic (exact) mass is 216 g/mol. The number of carbonyl (C=O) groups excluding carboxylic acids is 1. The number of primary amides is 1. The van der Waals surface area contributed by atoms with Crippen LogP contribution in [0.5, 0.6) is 0 Å². The second-order valence-corrected chi connectivity index (χ2v) is 3.99. The van der Waals surface area contributed by atoms with Crippen LogP contribution >= 0.6 is 0 Å². The van der Waals surface area contributed by atoms with Crippen LogP contribution in [0.25, 0.3) is 0 Å². The summed E-state index contributed by atoms with van der Waals surface area (Å²) >= 11 is 0. The molecule has 1 fully saturated rings. The average Bonchev–Trinajstić information content (AvgIpc) is 2.23. The van der Waals surface area contributed by atoms with E-state index < -0.39 is 0 Å². The summed E-state index contributed by atoms with van der Waals surface area (Å²) in [5.74, 6) is 0. The average molecular weight is 216 g/mol. The Morgan fingerprint density at radius 2 is 1.40 bits per heavy atom. The normalized spacial score (nSPS) is 17.9. The van der Waals surface area contributed by atoms with Crippen LogP contribution in [0.1, 0.15) is 54.4 Å². The Balaban J connectivity index is 0. The Bertz CT molecular complexity index is 157. The summed E-state index contributed by atoms with van der Waals surface area (Å²) in [5, 5.41) is 0.